The normalized spacial score (nSPS) is 20.2. The molecule has 6 heteroatoms. The van der Waals surface area contributed by atoms with E-state index in [1.807, 2.05) is 7.05 Å². The van der Waals surface area contributed by atoms with E-state index in [4.69, 9.17) is 10.6 Å². The van der Waals surface area contributed by atoms with Crippen molar-refractivity contribution in [2.45, 2.75) is 0 Å². The summed E-state index contributed by atoms with van der Waals surface area (Å²) in [4.78, 5) is 11.0. The van der Waals surface area contributed by atoms with Gasteiger partial charge >= 0.3 is 0 Å². The van der Waals surface area contributed by atoms with Crippen LogP contribution < -0.4 is 28.2 Å². The summed E-state index contributed by atoms with van der Waals surface area (Å²) in [5.41, 5.74) is 2.14. The molecule has 1 aliphatic rings. The molecular formula is C7H16BrN3O2. The van der Waals surface area contributed by atoms with Crippen molar-refractivity contribution in [2.75, 3.05) is 39.9 Å². The van der Waals surface area contributed by atoms with E-state index in [0.717, 1.165) is 30.8 Å². The van der Waals surface area contributed by atoms with Crippen molar-refractivity contribution >= 4 is 5.91 Å². The van der Waals surface area contributed by atoms with E-state index in [-0.39, 0.29) is 22.9 Å². The van der Waals surface area contributed by atoms with Crippen LogP contribution in [0.25, 0.3) is 0 Å². The maximum atomic E-state index is 11.0. The molecule has 1 fully saturated rings. The van der Waals surface area contributed by atoms with Crippen LogP contribution in [-0.2, 0) is 9.53 Å². The first-order valence-electron chi connectivity index (χ1n) is 4.07. The van der Waals surface area contributed by atoms with Crippen LogP contribution >= 0.6 is 0 Å². The van der Waals surface area contributed by atoms with Gasteiger partial charge < -0.3 is 26.2 Å². The van der Waals surface area contributed by atoms with Gasteiger partial charge in [-0.3, -0.25) is 10.2 Å². The molecule has 78 valence electrons. The van der Waals surface area contributed by atoms with Gasteiger partial charge in [-0.25, -0.2) is 5.84 Å². The molecule has 0 aromatic heterocycles. The minimum atomic E-state index is -0.112. The zero-order chi connectivity index (χ0) is 9.03. The smallest absolute Gasteiger partial charge is 0.289 e. The number of rotatable bonds is 2. The first-order valence-corrected chi connectivity index (χ1v) is 4.07. The Bertz CT molecular complexity index is 171. The zero-order valence-electron chi connectivity index (χ0n) is 7.75. The second kappa shape index (κ2) is 5.54. The second-order valence-corrected chi connectivity index (χ2v) is 3.40. The summed E-state index contributed by atoms with van der Waals surface area (Å²) in [5.74, 6) is 4.90. The number of nitrogens with two attached hydrogens (primary N) is 1. The quantitative estimate of drug-likeness (QED) is 0.226. The van der Waals surface area contributed by atoms with E-state index in [1.165, 1.54) is 0 Å². The number of hydrazine groups is 1. The minimum absolute atomic E-state index is 0. The summed E-state index contributed by atoms with van der Waals surface area (Å²) in [6.07, 6.45) is 0. The number of nitrogens with one attached hydrogen (secondary N) is 1. The van der Waals surface area contributed by atoms with Crippen LogP contribution in [0.3, 0.4) is 0 Å². The summed E-state index contributed by atoms with van der Waals surface area (Å²) in [6.45, 7) is 3.67. The number of ether oxygens (including phenoxy) is 1. The van der Waals surface area contributed by atoms with Gasteiger partial charge in [0.05, 0.1) is 20.3 Å². The highest BCUT2D eigenvalue weighted by Crippen LogP contribution is 2.06. The van der Waals surface area contributed by atoms with Crippen LogP contribution in [0, 0.1) is 0 Å². The van der Waals surface area contributed by atoms with Gasteiger partial charge in [-0.05, 0) is 0 Å². The Labute approximate surface area is 88.5 Å². The Morgan fingerprint density at radius 1 is 1.54 bits per heavy atom. The average molecular weight is 254 g/mol. The molecule has 0 unspecified atom stereocenters. The third kappa shape index (κ3) is 4.04. The Morgan fingerprint density at radius 2 is 2.08 bits per heavy atom. The fourth-order valence-electron chi connectivity index (χ4n) is 1.33. The molecule has 0 spiro atoms. The van der Waals surface area contributed by atoms with Crippen LogP contribution in [0.4, 0.5) is 0 Å². The minimum Gasteiger partial charge on any atom is -1.00 e. The Hall–Kier alpha value is -0.170. The van der Waals surface area contributed by atoms with Crippen molar-refractivity contribution in [3.8, 4) is 0 Å². The number of carbonyl (C=O) groups excluding carboxylic acids is 1. The lowest BCUT2D eigenvalue weighted by Gasteiger charge is -2.36. The first-order chi connectivity index (χ1) is 5.66. The molecule has 0 aliphatic carbocycles. The van der Waals surface area contributed by atoms with E-state index in [2.05, 4.69) is 5.43 Å². The molecule has 1 amide bonds. The van der Waals surface area contributed by atoms with Gasteiger partial charge in [0.1, 0.15) is 13.1 Å². The fourth-order valence-corrected chi connectivity index (χ4v) is 1.33. The standard InChI is InChI=1S/C7H15N3O2.BrH/c1-10(6-7(11)9-8)2-4-12-5-3-10;/h2-6,8H2,1H3;1H. The van der Waals surface area contributed by atoms with Crippen molar-refractivity contribution in [2.24, 2.45) is 5.84 Å². The molecule has 5 nitrogen and oxygen atoms in total. The maximum absolute atomic E-state index is 11.0. The third-order valence-electron chi connectivity index (χ3n) is 2.24. The number of quaternary nitrogens is 1. The highest BCUT2D eigenvalue weighted by Gasteiger charge is 2.27. The van der Waals surface area contributed by atoms with Crippen LogP contribution in [-0.4, -0.2) is 50.3 Å². The molecule has 3 N–H and O–H groups in total. The molecule has 0 saturated carbocycles. The van der Waals surface area contributed by atoms with Crippen molar-refractivity contribution in [3.05, 3.63) is 0 Å². The molecule has 0 bridgehead atoms. The highest BCUT2D eigenvalue weighted by molar-refractivity contribution is 5.76. The number of carbonyl (C=O) groups is 1. The predicted octanol–water partition coefficient (Wildman–Crippen LogP) is -4.54. The molecule has 0 aromatic carbocycles. The Morgan fingerprint density at radius 3 is 2.54 bits per heavy atom. The first kappa shape index (κ1) is 12.8. The molecule has 0 radical (unpaired) electrons. The number of nitrogens with zero attached hydrogens (tertiary/aromatic N) is 1. The molecule has 13 heavy (non-hydrogen) atoms. The van der Waals surface area contributed by atoms with Gasteiger partial charge in [-0.2, -0.15) is 0 Å². The average Bonchev–Trinajstić information content (AvgIpc) is 2.05. The van der Waals surface area contributed by atoms with E-state index in [0.29, 0.717) is 6.54 Å². The molecule has 1 rings (SSSR count). The summed E-state index contributed by atoms with van der Waals surface area (Å²) in [5, 5.41) is 0. The van der Waals surface area contributed by atoms with Gasteiger partial charge in [-0.15, -0.1) is 0 Å². The zero-order valence-corrected chi connectivity index (χ0v) is 9.34. The van der Waals surface area contributed by atoms with Crippen molar-refractivity contribution in [1.82, 2.24) is 5.43 Å². The molecule has 0 atom stereocenters. The topological polar surface area (TPSA) is 64.4 Å². The molecule has 1 aliphatic heterocycles. The summed E-state index contributed by atoms with van der Waals surface area (Å²) < 4.78 is 5.93. The lowest BCUT2D eigenvalue weighted by molar-refractivity contribution is -0.909. The highest BCUT2D eigenvalue weighted by atomic mass is 79.9. The van der Waals surface area contributed by atoms with Crippen LogP contribution in [0.15, 0.2) is 0 Å². The molecule has 1 saturated heterocycles. The monoisotopic (exact) mass is 253 g/mol. The molecule has 1 heterocycles. The van der Waals surface area contributed by atoms with E-state index >= 15 is 0 Å². The van der Waals surface area contributed by atoms with Gasteiger partial charge in [0.15, 0.2) is 6.54 Å². The van der Waals surface area contributed by atoms with E-state index in [9.17, 15) is 4.79 Å². The number of amides is 1. The fraction of sp³-hybridized carbons (Fsp3) is 0.857. The van der Waals surface area contributed by atoms with Crippen LogP contribution in [0.5, 0.6) is 0 Å². The van der Waals surface area contributed by atoms with Crippen LogP contribution in [0.1, 0.15) is 0 Å². The van der Waals surface area contributed by atoms with Crippen molar-refractivity contribution < 1.29 is 31.0 Å². The number of morpholine rings is 1. The number of hydrogen-bond acceptors (Lipinski definition) is 3. The molecule has 0 aromatic rings. The van der Waals surface area contributed by atoms with E-state index in [1.54, 1.807) is 0 Å². The van der Waals surface area contributed by atoms with Gasteiger partial charge in [0, 0.05) is 0 Å². The second-order valence-electron chi connectivity index (χ2n) is 3.40. The third-order valence-corrected chi connectivity index (χ3v) is 2.24. The van der Waals surface area contributed by atoms with Gasteiger partial charge in [0.25, 0.3) is 5.91 Å². The lowest BCUT2D eigenvalue weighted by Crippen LogP contribution is -3.00. The number of likely N-dealkylation sites (N-methyl/N-ethyl adjacent to an activating group) is 1. The Kier molecular flexibility index (Phi) is 5.46. The van der Waals surface area contributed by atoms with Crippen LogP contribution in [0.2, 0.25) is 0 Å². The SMILES string of the molecule is C[N+]1(CC(=O)NN)CCOCC1.[Br-]. The predicted molar refractivity (Wildman–Crippen MR) is 43.9 cm³/mol. The largest absolute Gasteiger partial charge is 1.00 e. The summed E-state index contributed by atoms with van der Waals surface area (Å²) in [7, 11) is 2.04. The van der Waals surface area contributed by atoms with Crippen molar-refractivity contribution in [3.63, 3.8) is 0 Å². The number of hydrogen-bond donors (Lipinski definition) is 2. The lowest BCUT2D eigenvalue weighted by atomic mass is 10.3. The van der Waals surface area contributed by atoms with Gasteiger partial charge in [0.2, 0.25) is 0 Å². The summed E-state index contributed by atoms with van der Waals surface area (Å²) in [6, 6.07) is 0. The Balaban J connectivity index is 0.00000144. The van der Waals surface area contributed by atoms with Crippen molar-refractivity contribution in [1.29, 1.82) is 0 Å². The van der Waals surface area contributed by atoms with Gasteiger partial charge in [-0.1, -0.05) is 0 Å². The maximum Gasteiger partial charge on any atom is 0.289 e. The number of halogens is 1. The summed E-state index contributed by atoms with van der Waals surface area (Å²) >= 11 is 0. The van der Waals surface area contributed by atoms with E-state index < -0.39 is 0 Å². The molecular weight excluding hydrogens is 238 g/mol.